The molecular weight excluding hydrogens is 268 g/mol. The van der Waals surface area contributed by atoms with Crippen LogP contribution in [0.4, 0.5) is 13.6 Å². The van der Waals surface area contributed by atoms with Crippen LogP contribution in [-0.2, 0) is 11.3 Å². The Morgan fingerprint density at radius 1 is 1.50 bits per heavy atom. The molecule has 0 unspecified atom stereocenters. The average Bonchev–Trinajstić information content (AvgIpc) is 2.60. The Labute approximate surface area is 116 Å². The van der Waals surface area contributed by atoms with E-state index in [9.17, 15) is 13.6 Å². The van der Waals surface area contributed by atoms with E-state index < -0.39 is 12.0 Å². The number of hydrogen-bond acceptors (Lipinski definition) is 3. The molecule has 1 aliphatic heterocycles. The first-order valence-corrected chi connectivity index (χ1v) is 6.52. The molecule has 1 aliphatic rings. The van der Waals surface area contributed by atoms with Crippen LogP contribution in [0.15, 0.2) is 12.5 Å². The minimum absolute atomic E-state index is 0.0452. The number of hydrogen-bond donors (Lipinski definition) is 0. The molecule has 2 heterocycles. The summed E-state index contributed by atoms with van der Waals surface area (Å²) in [6, 6.07) is 0. The first-order chi connectivity index (χ1) is 9.26. The average molecular weight is 287 g/mol. The number of aromatic nitrogens is 2. The van der Waals surface area contributed by atoms with Gasteiger partial charge in [-0.3, -0.25) is 0 Å². The minimum atomic E-state index is -2.41. The van der Waals surface area contributed by atoms with E-state index >= 15 is 0 Å². The van der Waals surface area contributed by atoms with Gasteiger partial charge in [-0.05, 0) is 20.8 Å². The van der Waals surface area contributed by atoms with Crippen LogP contribution in [-0.4, -0.2) is 45.7 Å². The second-order valence-corrected chi connectivity index (χ2v) is 5.94. The van der Waals surface area contributed by atoms with Crippen LogP contribution >= 0.6 is 0 Å². The van der Waals surface area contributed by atoms with Gasteiger partial charge < -0.3 is 14.2 Å². The predicted molar refractivity (Wildman–Crippen MR) is 68.8 cm³/mol. The van der Waals surface area contributed by atoms with E-state index in [-0.39, 0.29) is 18.6 Å². The molecule has 7 heteroatoms. The van der Waals surface area contributed by atoms with E-state index in [0.29, 0.717) is 13.1 Å². The predicted octanol–water partition coefficient (Wildman–Crippen LogP) is 2.48. The molecule has 1 aromatic heterocycles. The monoisotopic (exact) mass is 287 g/mol. The van der Waals surface area contributed by atoms with Crippen molar-refractivity contribution in [2.24, 2.45) is 0 Å². The summed E-state index contributed by atoms with van der Waals surface area (Å²) in [6.45, 7) is 6.01. The molecule has 0 radical (unpaired) electrons. The second kappa shape index (κ2) is 5.38. The summed E-state index contributed by atoms with van der Waals surface area (Å²) in [4.78, 5) is 17.2. The molecule has 0 spiro atoms. The van der Waals surface area contributed by atoms with Gasteiger partial charge in [-0.25, -0.2) is 18.6 Å². The second-order valence-electron chi connectivity index (χ2n) is 5.94. The molecule has 5 nitrogen and oxygen atoms in total. The Hall–Kier alpha value is -1.66. The number of carbonyl (C=O) groups is 1. The van der Waals surface area contributed by atoms with Crippen LogP contribution in [0.25, 0.3) is 0 Å². The first kappa shape index (κ1) is 14.7. The Balaban J connectivity index is 1.90. The van der Waals surface area contributed by atoms with Gasteiger partial charge in [-0.15, -0.1) is 0 Å². The minimum Gasteiger partial charge on any atom is -0.444 e. The van der Waals surface area contributed by atoms with Gasteiger partial charge in [0.1, 0.15) is 5.60 Å². The molecule has 2 rings (SSSR count). The van der Waals surface area contributed by atoms with Gasteiger partial charge in [-0.2, -0.15) is 0 Å². The lowest BCUT2D eigenvalue weighted by molar-refractivity contribution is 0.00727. The summed E-state index contributed by atoms with van der Waals surface area (Å²) in [5, 5.41) is 0. The van der Waals surface area contributed by atoms with Gasteiger partial charge in [0.15, 0.2) is 0 Å². The zero-order valence-corrected chi connectivity index (χ0v) is 11.8. The molecule has 0 saturated carbocycles. The summed E-state index contributed by atoms with van der Waals surface area (Å²) in [5.74, 6) is 0.0452. The van der Waals surface area contributed by atoms with Crippen molar-refractivity contribution in [3.05, 3.63) is 18.2 Å². The quantitative estimate of drug-likeness (QED) is 0.858. The Kier molecular flexibility index (Phi) is 3.96. The highest BCUT2D eigenvalue weighted by Gasteiger charge is 2.36. The van der Waals surface area contributed by atoms with Crippen LogP contribution in [0.5, 0.6) is 0 Å². The summed E-state index contributed by atoms with van der Waals surface area (Å²) in [7, 11) is 0. The van der Waals surface area contributed by atoms with Crippen molar-refractivity contribution in [1.29, 1.82) is 0 Å². The van der Waals surface area contributed by atoms with Crippen LogP contribution in [0.3, 0.4) is 0 Å². The highest BCUT2D eigenvalue weighted by molar-refractivity contribution is 5.69. The summed E-state index contributed by atoms with van der Waals surface area (Å²) >= 11 is 0. The highest BCUT2D eigenvalue weighted by Crippen LogP contribution is 2.28. The smallest absolute Gasteiger partial charge is 0.410 e. The fourth-order valence-corrected chi connectivity index (χ4v) is 2.11. The maximum atomic E-state index is 12.4. The maximum Gasteiger partial charge on any atom is 0.410 e. The fraction of sp³-hybridized carbons (Fsp3) is 0.692. The van der Waals surface area contributed by atoms with Crippen LogP contribution in [0.2, 0.25) is 0 Å². The van der Waals surface area contributed by atoms with E-state index in [1.165, 1.54) is 10.9 Å². The number of nitrogens with zero attached hydrogens (tertiary/aromatic N) is 3. The van der Waals surface area contributed by atoms with E-state index in [4.69, 9.17) is 4.74 Å². The molecule has 112 valence electrons. The first-order valence-electron chi connectivity index (χ1n) is 6.52. The Bertz CT molecular complexity index is 476. The molecule has 0 atom stereocenters. The van der Waals surface area contributed by atoms with E-state index in [0.717, 1.165) is 5.69 Å². The number of alkyl halides is 2. The van der Waals surface area contributed by atoms with E-state index in [2.05, 4.69) is 4.98 Å². The van der Waals surface area contributed by atoms with Crippen molar-refractivity contribution >= 4 is 6.09 Å². The number of ether oxygens (including phenoxy) is 1. The van der Waals surface area contributed by atoms with E-state index in [1.54, 1.807) is 31.9 Å². The van der Waals surface area contributed by atoms with Gasteiger partial charge in [0.05, 0.1) is 12.9 Å². The molecule has 1 aromatic rings. The van der Waals surface area contributed by atoms with Crippen LogP contribution in [0.1, 0.15) is 32.4 Å². The van der Waals surface area contributed by atoms with Crippen molar-refractivity contribution in [3.8, 4) is 0 Å². The van der Waals surface area contributed by atoms with Crippen molar-refractivity contribution in [3.63, 3.8) is 0 Å². The molecule has 1 fully saturated rings. The molecule has 0 aromatic carbocycles. The van der Waals surface area contributed by atoms with Gasteiger partial charge in [0, 0.05) is 30.9 Å². The standard InChI is InChI=1S/C13H19F2N3O2/c1-13(2,3)20-12(19)17-5-9(6-17)10-4-16-8-18(10)7-11(14)15/h4,8-9,11H,5-7H2,1-3H3. The Morgan fingerprint density at radius 2 is 2.15 bits per heavy atom. The fourth-order valence-electron chi connectivity index (χ4n) is 2.11. The number of likely N-dealkylation sites (tertiary alicyclic amines) is 1. The van der Waals surface area contributed by atoms with Crippen molar-refractivity contribution < 1.29 is 18.3 Å². The lowest BCUT2D eigenvalue weighted by atomic mass is 9.97. The summed E-state index contributed by atoms with van der Waals surface area (Å²) < 4.78 is 31.5. The molecule has 1 saturated heterocycles. The third kappa shape index (κ3) is 3.46. The largest absolute Gasteiger partial charge is 0.444 e. The lowest BCUT2D eigenvalue weighted by Gasteiger charge is -2.39. The van der Waals surface area contributed by atoms with Gasteiger partial charge in [0.25, 0.3) is 6.43 Å². The zero-order chi connectivity index (χ0) is 14.9. The molecule has 0 bridgehead atoms. The molecule has 1 amide bonds. The summed E-state index contributed by atoms with van der Waals surface area (Å²) in [5.41, 5.74) is 0.213. The third-order valence-electron chi connectivity index (χ3n) is 3.03. The van der Waals surface area contributed by atoms with Crippen LogP contribution in [0, 0.1) is 0 Å². The number of amides is 1. The number of imidazole rings is 1. The third-order valence-corrected chi connectivity index (χ3v) is 3.03. The van der Waals surface area contributed by atoms with Crippen molar-refractivity contribution in [2.75, 3.05) is 13.1 Å². The molecule has 20 heavy (non-hydrogen) atoms. The molecule has 0 N–H and O–H groups in total. The number of halogens is 2. The topological polar surface area (TPSA) is 47.4 Å². The Morgan fingerprint density at radius 3 is 2.70 bits per heavy atom. The lowest BCUT2D eigenvalue weighted by Crippen LogP contribution is -2.50. The van der Waals surface area contributed by atoms with Crippen LogP contribution < -0.4 is 0 Å². The zero-order valence-electron chi connectivity index (χ0n) is 11.8. The number of carbonyl (C=O) groups excluding carboxylic acids is 1. The maximum absolute atomic E-state index is 12.4. The molecular formula is C13H19F2N3O2. The van der Waals surface area contributed by atoms with E-state index in [1.807, 2.05) is 0 Å². The van der Waals surface area contributed by atoms with Gasteiger partial charge >= 0.3 is 6.09 Å². The normalized spacial score (nSPS) is 16.4. The number of rotatable bonds is 3. The molecule has 0 aliphatic carbocycles. The highest BCUT2D eigenvalue weighted by atomic mass is 19.3. The SMILES string of the molecule is CC(C)(C)OC(=O)N1CC(c2cncn2CC(F)F)C1. The van der Waals surface area contributed by atoms with Gasteiger partial charge in [0.2, 0.25) is 0 Å². The summed E-state index contributed by atoms with van der Waals surface area (Å²) in [6.07, 6.45) is 0.204. The van der Waals surface area contributed by atoms with Crippen molar-refractivity contribution in [1.82, 2.24) is 14.5 Å². The van der Waals surface area contributed by atoms with Gasteiger partial charge in [-0.1, -0.05) is 0 Å². The van der Waals surface area contributed by atoms with Crippen molar-refractivity contribution in [2.45, 2.75) is 45.3 Å².